The number of halogens is 1. The Morgan fingerprint density at radius 1 is 0.947 bits per heavy atom. The summed E-state index contributed by atoms with van der Waals surface area (Å²) in [5, 5.41) is 11.1. The van der Waals surface area contributed by atoms with Crippen LogP contribution in [0, 0.1) is 11.8 Å². The lowest BCUT2D eigenvalue weighted by Gasteiger charge is -2.13. The predicted molar refractivity (Wildman–Crippen MR) is 148 cm³/mol. The number of anilines is 1. The van der Waals surface area contributed by atoms with Crippen molar-refractivity contribution in [2.24, 2.45) is 0 Å². The molecule has 0 fully saturated rings. The minimum atomic E-state index is -4.06. The number of carboxylic acids is 1. The third-order valence-electron chi connectivity index (χ3n) is 5.76. The van der Waals surface area contributed by atoms with Crippen molar-refractivity contribution >= 4 is 59.3 Å². The molecule has 188 valence electrons. The Kier molecular flexibility index (Phi) is 6.72. The van der Waals surface area contributed by atoms with Gasteiger partial charge in [-0.15, -0.1) is 0 Å². The molecule has 0 atom stereocenters. The lowest BCUT2D eigenvalue weighted by atomic mass is 10.0. The zero-order valence-corrected chi connectivity index (χ0v) is 22.2. The summed E-state index contributed by atoms with van der Waals surface area (Å²) in [7, 11) is -2.55. The molecule has 0 spiro atoms. The van der Waals surface area contributed by atoms with E-state index in [2.05, 4.69) is 42.5 Å². The van der Waals surface area contributed by atoms with Gasteiger partial charge >= 0.3 is 5.97 Å². The summed E-state index contributed by atoms with van der Waals surface area (Å²) in [6, 6.07) is 18.4. The van der Waals surface area contributed by atoms with Gasteiger partial charge in [-0.3, -0.25) is 9.71 Å². The highest BCUT2D eigenvalue weighted by Gasteiger charge is 2.21. The number of ether oxygens (including phenoxy) is 1. The van der Waals surface area contributed by atoms with E-state index in [1.54, 1.807) is 60.7 Å². The van der Waals surface area contributed by atoms with E-state index in [-0.39, 0.29) is 21.8 Å². The Labute approximate surface area is 226 Å². The molecule has 2 N–H and O–H groups in total. The van der Waals surface area contributed by atoms with Crippen molar-refractivity contribution in [1.82, 2.24) is 9.97 Å². The van der Waals surface area contributed by atoms with Gasteiger partial charge in [-0.2, -0.15) is 0 Å². The van der Waals surface area contributed by atoms with Crippen molar-refractivity contribution in [3.63, 3.8) is 0 Å². The molecular weight excluding hydrogens is 570 g/mol. The van der Waals surface area contributed by atoms with Crippen LogP contribution in [0.2, 0.25) is 0 Å². The van der Waals surface area contributed by atoms with Crippen molar-refractivity contribution < 1.29 is 23.1 Å². The van der Waals surface area contributed by atoms with E-state index in [1.807, 2.05) is 0 Å². The molecule has 8 nitrogen and oxygen atoms in total. The molecule has 0 aliphatic heterocycles. The van der Waals surface area contributed by atoms with Crippen LogP contribution >= 0.6 is 15.9 Å². The second-order valence-electron chi connectivity index (χ2n) is 8.08. The standard InChI is InChI=1S/C28H18BrN3O5S/c1-37-24-12-13-25(26-22(24)7-4-14-30-26)38(35,36)32-23-11-10-19(29)15-17(23)8-9-18-16-31-27(28(33)34)21-6-3-2-5-20(18)21/h2-7,10-16,32H,1H3,(H,33,34). The lowest BCUT2D eigenvalue weighted by molar-refractivity contribution is 0.0693. The number of carbonyl (C=O) groups is 1. The van der Waals surface area contributed by atoms with E-state index >= 15 is 0 Å². The van der Waals surface area contributed by atoms with Gasteiger partial charge in [-0.25, -0.2) is 18.2 Å². The van der Waals surface area contributed by atoms with Gasteiger partial charge in [0.25, 0.3) is 10.0 Å². The summed E-state index contributed by atoms with van der Waals surface area (Å²) in [4.78, 5) is 19.9. The van der Waals surface area contributed by atoms with Crippen molar-refractivity contribution in [2.75, 3.05) is 11.8 Å². The number of rotatable bonds is 5. The molecule has 0 aliphatic carbocycles. The number of aromatic nitrogens is 2. The van der Waals surface area contributed by atoms with Crippen LogP contribution in [0.4, 0.5) is 5.69 Å². The van der Waals surface area contributed by atoms with E-state index in [9.17, 15) is 18.3 Å². The maximum Gasteiger partial charge on any atom is 0.355 e. The Balaban J connectivity index is 1.58. The van der Waals surface area contributed by atoms with E-state index in [4.69, 9.17) is 4.74 Å². The number of carboxylic acid groups (broad SMARTS) is 1. The second kappa shape index (κ2) is 10.1. The highest BCUT2D eigenvalue weighted by atomic mass is 79.9. The fourth-order valence-electron chi connectivity index (χ4n) is 4.02. The molecular formula is C28H18BrN3O5S. The largest absolute Gasteiger partial charge is 0.496 e. The summed E-state index contributed by atoms with van der Waals surface area (Å²) >= 11 is 3.41. The fourth-order valence-corrected chi connectivity index (χ4v) is 5.62. The van der Waals surface area contributed by atoms with Crippen molar-refractivity contribution in [1.29, 1.82) is 0 Å². The number of benzene rings is 3. The molecule has 0 radical (unpaired) electrons. The van der Waals surface area contributed by atoms with E-state index in [0.29, 0.717) is 37.5 Å². The molecule has 0 unspecified atom stereocenters. The molecule has 38 heavy (non-hydrogen) atoms. The van der Waals surface area contributed by atoms with E-state index in [0.717, 1.165) is 0 Å². The Morgan fingerprint density at radius 3 is 2.45 bits per heavy atom. The number of nitrogens with zero attached hydrogens (tertiary/aromatic N) is 2. The molecule has 2 heterocycles. The normalized spacial score (nSPS) is 11.1. The first-order chi connectivity index (χ1) is 18.3. The van der Waals surface area contributed by atoms with Crippen LogP contribution in [0.25, 0.3) is 21.7 Å². The first-order valence-electron chi connectivity index (χ1n) is 11.2. The topological polar surface area (TPSA) is 118 Å². The highest BCUT2D eigenvalue weighted by molar-refractivity contribution is 9.10. The fraction of sp³-hybridized carbons (Fsp3) is 0.0357. The number of sulfonamides is 1. The zero-order chi connectivity index (χ0) is 26.9. The van der Waals surface area contributed by atoms with Crippen LogP contribution in [-0.4, -0.2) is 36.6 Å². The number of nitrogens with one attached hydrogen (secondary N) is 1. The van der Waals surface area contributed by atoms with Crippen LogP contribution in [0.5, 0.6) is 5.75 Å². The van der Waals surface area contributed by atoms with Gasteiger partial charge in [0, 0.05) is 33.0 Å². The Hall–Kier alpha value is -4.46. The minimum absolute atomic E-state index is 0.00446. The molecule has 10 heteroatoms. The average Bonchev–Trinajstić information content (AvgIpc) is 2.92. The molecule has 5 aromatic rings. The van der Waals surface area contributed by atoms with Crippen LogP contribution < -0.4 is 9.46 Å². The highest BCUT2D eigenvalue weighted by Crippen LogP contribution is 2.31. The number of fused-ring (bicyclic) bond motifs is 2. The van der Waals surface area contributed by atoms with Gasteiger partial charge in [0.05, 0.1) is 29.4 Å². The third-order valence-corrected chi connectivity index (χ3v) is 7.65. The first-order valence-corrected chi connectivity index (χ1v) is 13.4. The molecule has 5 rings (SSSR count). The first kappa shape index (κ1) is 25.2. The van der Waals surface area contributed by atoms with E-state index in [1.165, 1.54) is 25.6 Å². The SMILES string of the molecule is COc1ccc(S(=O)(=O)Nc2ccc(Br)cc2C#Cc2cnc(C(=O)O)c3ccccc23)c2ncccc12. The van der Waals surface area contributed by atoms with Gasteiger partial charge in [-0.1, -0.05) is 52.0 Å². The summed E-state index contributed by atoms with van der Waals surface area (Å²) in [6.07, 6.45) is 2.92. The molecule has 3 aromatic carbocycles. The maximum atomic E-state index is 13.5. The summed E-state index contributed by atoms with van der Waals surface area (Å²) in [6.45, 7) is 0. The van der Waals surface area contributed by atoms with Crippen LogP contribution in [-0.2, 0) is 10.0 Å². The molecule has 0 saturated heterocycles. The number of hydrogen-bond acceptors (Lipinski definition) is 6. The summed E-state index contributed by atoms with van der Waals surface area (Å²) < 4.78 is 35.7. The third kappa shape index (κ3) is 4.77. The monoisotopic (exact) mass is 587 g/mol. The predicted octanol–water partition coefficient (Wildman–Crippen LogP) is 5.45. The van der Waals surface area contributed by atoms with Crippen molar-refractivity contribution in [2.45, 2.75) is 4.90 Å². The molecule has 2 aromatic heterocycles. The Morgan fingerprint density at radius 2 is 1.68 bits per heavy atom. The van der Waals surface area contributed by atoms with Gasteiger partial charge in [-0.05, 0) is 42.5 Å². The van der Waals surface area contributed by atoms with Gasteiger partial charge in [0.2, 0.25) is 0 Å². The average molecular weight is 588 g/mol. The number of pyridine rings is 2. The van der Waals surface area contributed by atoms with Crippen molar-refractivity contribution in [3.8, 4) is 17.6 Å². The smallest absolute Gasteiger partial charge is 0.355 e. The van der Waals surface area contributed by atoms with Crippen LogP contribution in [0.3, 0.4) is 0 Å². The summed E-state index contributed by atoms with van der Waals surface area (Å²) in [5.74, 6) is 5.41. The summed E-state index contributed by atoms with van der Waals surface area (Å²) in [5.41, 5.74) is 1.38. The van der Waals surface area contributed by atoms with Crippen molar-refractivity contribution in [3.05, 3.63) is 100 Å². The number of hydrogen-bond donors (Lipinski definition) is 2. The molecule has 0 aliphatic rings. The van der Waals surface area contributed by atoms with Gasteiger partial charge in [0.1, 0.15) is 10.6 Å². The minimum Gasteiger partial charge on any atom is -0.496 e. The quantitative estimate of drug-likeness (QED) is 0.262. The van der Waals surface area contributed by atoms with Gasteiger partial charge in [0.15, 0.2) is 5.69 Å². The maximum absolute atomic E-state index is 13.5. The number of aromatic carboxylic acids is 1. The molecule has 0 amide bonds. The van der Waals surface area contributed by atoms with Crippen LogP contribution in [0.15, 0.2) is 88.5 Å². The van der Waals surface area contributed by atoms with Gasteiger partial charge < -0.3 is 9.84 Å². The van der Waals surface area contributed by atoms with Crippen LogP contribution in [0.1, 0.15) is 21.6 Å². The second-order valence-corrected chi connectivity index (χ2v) is 10.6. The molecule has 0 bridgehead atoms. The Bertz CT molecular complexity index is 1910. The lowest BCUT2D eigenvalue weighted by Crippen LogP contribution is -2.15. The number of methoxy groups -OCH3 is 1. The van der Waals surface area contributed by atoms with E-state index < -0.39 is 16.0 Å². The molecule has 0 saturated carbocycles. The zero-order valence-electron chi connectivity index (χ0n) is 19.8.